The third-order valence-corrected chi connectivity index (χ3v) is 4.61. The molecule has 1 fully saturated rings. The van der Waals surface area contributed by atoms with Gasteiger partial charge in [0.2, 0.25) is 5.91 Å². The molecule has 1 atom stereocenters. The zero-order valence-corrected chi connectivity index (χ0v) is 15.6. The number of anilines is 1. The number of hydrogen-bond acceptors (Lipinski definition) is 5. The number of benzene rings is 1. The van der Waals surface area contributed by atoms with Crippen molar-refractivity contribution in [3.8, 4) is 0 Å². The molecule has 0 saturated carbocycles. The summed E-state index contributed by atoms with van der Waals surface area (Å²) >= 11 is 0. The second-order valence-corrected chi connectivity index (χ2v) is 6.63. The molecule has 1 aliphatic rings. The van der Waals surface area contributed by atoms with E-state index >= 15 is 0 Å². The Morgan fingerprint density at radius 2 is 1.86 bits per heavy atom. The fourth-order valence-electron chi connectivity index (χ4n) is 3.18. The molecule has 0 bridgehead atoms. The van der Waals surface area contributed by atoms with Crippen LogP contribution in [0.25, 0.3) is 0 Å². The maximum atomic E-state index is 12.8. The van der Waals surface area contributed by atoms with Crippen molar-refractivity contribution in [2.24, 2.45) is 0 Å². The number of nitrogens with one attached hydrogen (secondary N) is 2. The molecule has 1 saturated heterocycles. The van der Waals surface area contributed by atoms with Crippen LogP contribution in [0.15, 0.2) is 47.1 Å². The molecule has 0 radical (unpaired) electrons. The minimum Gasteiger partial charge on any atom is -0.480 e. The lowest BCUT2D eigenvalue weighted by Gasteiger charge is -2.34. The normalized spacial score (nSPS) is 16.1. The number of rotatable bonds is 6. The van der Waals surface area contributed by atoms with Crippen molar-refractivity contribution < 1.29 is 28.7 Å². The van der Waals surface area contributed by atoms with Gasteiger partial charge >= 0.3 is 5.97 Å². The van der Waals surface area contributed by atoms with E-state index in [2.05, 4.69) is 10.6 Å². The van der Waals surface area contributed by atoms with E-state index in [0.717, 1.165) is 12.8 Å². The van der Waals surface area contributed by atoms with Crippen molar-refractivity contribution in [2.75, 3.05) is 18.4 Å². The van der Waals surface area contributed by atoms with Crippen LogP contribution in [0.3, 0.4) is 0 Å². The van der Waals surface area contributed by atoms with Crippen LogP contribution in [0.2, 0.25) is 0 Å². The minimum absolute atomic E-state index is 0.196. The van der Waals surface area contributed by atoms with Crippen LogP contribution >= 0.6 is 0 Å². The van der Waals surface area contributed by atoms with Crippen molar-refractivity contribution in [1.29, 1.82) is 0 Å². The number of piperidine rings is 1. The van der Waals surface area contributed by atoms with Gasteiger partial charge in [-0.1, -0.05) is 0 Å². The summed E-state index contributed by atoms with van der Waals surface area (Å²) in [4.78, 5) is 49.3. The average Bonchev–Trinajstić information content (AvgIpc) is 3.27. The van der Waals surface area contributed by atoms with E-state index in [0.29, 0.717) is 18.7 Å². The van der Waals surface area contributed by atoms with Crippen LogP contribution in [0.5, 0.6) is 0 Å². The first-order valence-corrected chi connectivity index (χ1v) is 9.21. The first kappa shape index (κ1) is 20.1. The Kier molecular flexibility index (Phi) is 6.28. The standard InChI is InChI=1S/C20H21N3O6/c24-17(25)12-21-18(26)13-6-8-14(9-7-13)22-19(27)15-4-1-2-10-23(15)20(28)16-5-3-11-29-16/h3,5-9,11,15H,1-2,4,10,12H2,(H,21,26)(H,22,27)(H,24,25). The third kappa shape index (κ3) is 5.01. The highest BCUT2D eigenvalue weighted by Crippen LogP contribution is 2.22. The number of carboxylic acid groups (broad SMARTS) is 1. The molecule has 3 amide bonds. The highest BCUT2D eigenvalue weighted by atomic mass is 16.4. The molecule has 152 valence electrons. The van der Waals surface area contributed by atoms with E-state index < -0.39 is 24.5 Å². The third-order valence-electron chi connectivity index (χ3n) is 4.61. The Morgan fingerprint density at radius 1 is 1.10 bits per heavy atom. The lowest BCUT2D eigenvalue weighted by molar-refractivity contribution is -0.135. The van der Waals surface area contributed by atoms with Gasteiger partial charge in [-0.15, -0.1) is 0 Å². The Morgan fingerprint density at radius 3 is 2.52 bits per heavy atom. The van der Waals surface area contributed by atoms with E-state index in [4.69, 9.17) is 9.52 Å². The highest BCUT2D eigenvalue weighted by Gasteiger charge is 2.33. The van der Waals surface area contributed by atoms with Crippen LogP contribution < -0.4 is 10.6 Å². The van der Waals surface area contributed by atoms with Crippen molar-refractivity contribution >= 4 is 29.4 Å². The number of likely N-dealkylation sites (tertiary alicyclic amines) is 1. The molecule has 9 heteroatoms. The second-order valence-electron chi connectivity index (χ2n) is 6.63. The smallest absolute Gasteiger partial charge is 0.322 e. The summed E-state index contributed by atoms with van der Waals surface area (Å²) in [6.07, 6.45) is 3.62. The number of aliphatic carboxylic acids is 1. The number of amides is 3. The van der Waals surface area contributed by atoms with Crippen LogP contribution in [0.1, 0.15) is 40.2 Å². The van der Waals surface area contributed by atoms with Gasteiger partial charge in [-0.2, -0.15) is 0 Å². The molecule has 2 aromatic rings. The van der Waals surface area contributed by atoms with Gasteiger partial charge in [0.1, 0.15) is 12.6 Å². The van der Waals surface area contributed by atoms with Crippen molar-refractivity contribution in [3.05, 3.63) is 54.0 Å². The van der Waals surface area contributed by atoms with Gasteiger partial charge in [0, 0.05) is 17.8 Å². The summed E-state index contributed by atoms with van der Waals surface area (Å²) < 4.78 is 5.17. The van der Waals surface area contributed by atoms with Gasteiger partial charge in [-0.05, 0) is 55.7 Å². The van der Waals surface area contributed by atoms with Crippen molar-refractivity contribution in [3.63, 3.8) is 0 Å². The molecular formula is C20H21N3O6. The topological polar surface area (TPSA) is 129 Å². The summed E-state index contributed by atoms with van der Waals surface area (Å²) in [5.74, 6) is -2.09. The van der Waals surface area contributed by atoms with E-state index in [1.807, 2.05) is 0 Å². The molecule has 0 aliphatic carbocycles. The SMILES string of the molecule is O=C(O)CNC(=O)c1ccc(NC(=O)C2CCCCN2C(=O)c2ccco2)cc1. The lowest BCUT2D eigenvalue weighted by atomic mass is 10.0. The number of nitrogens with zero attached hydrogens (tertiary/aromatic N) is 1. The van der Waals surface area contributed by atoms with E-state index in [-0.39, 0.29) is 23.1 Å². The molecule has 29 heavy (non-hydrogen) atoms. The van der Waals surface area contributed by atoms with Crippen LogP contribution in [0, 0.1) is 0 Å². The highest BCUT2D eigenvalue weighted by molar-refractivity contribution is 6.01. The first-order valence-electron chi connectivity index (χ1n) is 9.21. The summed E-state index contributed by atoms with van der Waals surface area (Å²) in [5.41, 5.74) is 0.747. The largest absolute Gasteiger partial charge is 0.480 e. The molecular weight excluding hydrogens is 378 g/mol. The van der Waals surface area contributed by atoms with Gasteiger partial charge in [-0.25, -0.2) is 0 Å². The monoisotopic (exact) mass is 399 g/mol. The average molecular weight is 399 g/mol. The first-order chi connectivity index (χ1) is 14.0. The predicted octanol–water partition coefficient (Wildman–Crippen LogP) is 1.73. The minimum atomic E-state index is -1.14. The number of hydrogen-bond donors (Lipinski definition) is 3. The van der Waals surface area contributed by atoms with Gasteiger partial charge in [0.15, 0.2) is 5.76 Å². The maximum Gasteiger partial charge on any atom is 0.322 e. The predicted molar refractivity (Wildman–Crippen MR) is 102 cm³/mol. The van der Waals surface area contributed by atoms with Gasteiger partial charge in [0.05, 0.1) is 6.26 Å². The van der Waals surface area contributed by atoms with E-state index in [9.17, 15) is 19.2 Å². The molecule has 0 spiro atoms. The van der Waals surface area contributed by atoms with Gasteiger partial charge in [-0.3, -0.25) is 19.2 Å². The Balaban J connectivity index is 1.64. The molecule has 1 aromatic heterocycles. The van der Waals surface area contributed by atoms with Crippen LogP contribution in [0.4, 0.5) is 5.69 Å². The fourth-order valence-corrected chi connectivity index (χ4v) is 3.18. The number of carbonyl (C=O) groups is 4. The summed E-state index contributed by atoms with van der Waals surface area (Å²) in [6, 6.07) is 8.66. The molecule has 1 aliphatic heterocycles. The second kappa shape index (κ2) is 9.05. The molecule has 1 aromatic carbocycles. The summed E-state index contributed by atoms with van der Waals surface area (Å²) in [6.45, 7) is -0.00115. The number of furan rings is 1. The lowest BCUT2D eigenvalue weighted by Crippen LogP contribution is -2.49. The Labute approximate surface area is 166 Å². The zero-order valence-electron chi connectivity index (χ0n) is 15.6. The molecule has 1 unspecified atom stereocenters. The quantitative estimate of drug-likeness (QED) is 0.678. The van der Waals surface area contributed by atoms with E-state index in [1.165, 1.54) is 23.3 Å². The Hall–Kier alpha value is -3.62. The molecule has 9 nitrogen and oxygen atoms in total. The van der Waals surface area contributed by atoms with Gasteiger partial charge < -0.3 is 25.1 Å². The molecule has 3 N–H and O–H groups in total. The summed E-state index contributed by atoms with van der Waals surface area (Å²) in [5, 5.41) is 13.6. The Bertz CT molecular complexity index is 891. The summed E-state index contributed by atoms with van der Waals surface area (Å²) in [7, 11) is 0. The number of carboxylic acids is 1. The van der Waals surface area contributed by atoms with Crippen LogP contribution in [-0.4, -0.2) is 52.8 Å². The number of carbonyl (C=O) groups excluding carboxylic acids is 3. The molecule has 3 rings (SSSR count). The fraction of sp³-hybridized carbons (Fsp3) is 0.300. The molecule has 2 heterocycles. The maximum absolute atomic E-state index is 12.8. The van der Waals surface area contributed by atoms with E-state index in [1.54, 1.807) is 24.3 Å². The van der Waals surface area contributed by atoms with Crippen LogP contribution in [-0.2, 0) is 9.59 Å². The zero-order chi connectivity index (χ0) is 20.8. The van der Waals surface area contributed by atoms with Crippen molar-refractivity contribution in [2.45, 2.75) is 25.3 Å². The van der Waals surface area contributed by atoms with Crippen molar-refractivity contribution in [1.82, 2.24) is 10.2 Å². The van der Waals surface area contributed by atoms with Gasteiger partial charge in [0.25, 0.3) is 11.8 Å².